The van der Waals surface area contributed by atoms with Crippen LogP contribution in [0, 0.1) is 13.8 Å². The predicted octanol–water partition coefficient (Wildman–Crippen LogP) is 11.6. The maximum Gasteiger partial charge on any atom is -0.00264 e. The lowest BCUT2D eigenvalue weighted by Crippen LogP contribution is -1.88. The summed E-state index contributed by atoms with van der Waals surface area (Å²) in [6.45, 7) is 16.3. The van der Waals surface area contributed by atoms with Gasteiger partial charge in [0.25, 0.3) is 0 Å². The van der Waals surface area contributed by atoms with Gasteiger partial charge in [-0.1, -0.05) is 125 Å². The van der Waals surface area contributed by atoms with Gasteiger partial charge in [-0.3, -0.25) is 0 Å². The highest BCUT2D eigenvalue weighted by Crippen LogP contribution is 2.39. The monoisotopic (exact) mass is 472 g/mol. The summed E-state index contributed by atoms with van der Waals surface area (Å²) in [5, 5.41) is 7.98. The molecule has 36 heavy (non-hydrogen) atoms. The Morgan fingerprint density at radius 3 is 0.806 bits per heavy atom. The molecule has 0 saturated heterocycles. The molecule has 0 spiro atoms. The minimum absolute atomic E-state index is 1.27. The first-order valence-corrected chi connectivity index (χ1v) is 13.5. The Bertz CT molecular complexity index is 1330. The summed E-state index contributed by atoms with van der Waals surface area (Å²) < 4.78 is 0. The van der Waals surface area contributed by atoms with Gasteiger partial charge in [0.1, 0.15) is 0 Å². The molecule has 0 heteroatoms. The number of hydrogen-bond donors (Lipinski definition) is 0. The van der Waals surface area contributed by atoms with Gasteiger partial charge in [0.05, 0.1) is 0 Å². The molecule has 0 radical (unpaired) electrons. The lowest BCUT2D eigenvalue weighted by Gasteiger charge is -2.14. The van der Waals surface area contributed by atoms with Gasteiger partial charge in [-0.15, -0.1) is 0 Å². The van der Waals surface area contributed by atoms with E-state index in [0.717, 1.165) is 0 Å². The molecule has 184 valence electrons. The van der Waals surface area contributed by atoms with Crippen LogP contribution >= 0.6 is 0 Å². The molecule has 0 N–H and O–H groups in total. The van der Waals surface area contributed by atoms with Gasteiger partial charge in [0, 0.05) is 0 Å². The summed E-state index contributed by atoms with van der Waals surface area (Å²) in [6, 6.07) is 36.1. The van der Waals surface area contributed by atoms with Crippen LogP contribution in [0.4, 0.5) is 0 Å². The molecule has 6 rings (SSSR count). The Balaban J connectivity index is 0.000000563. The zero-order valence-electron chi connectivity index (χ0n) is 23.2. The largest absolute Gasteiger partial charge is 0.0683 e. The van der Waals surface area contributed by atoms with Crippen molar-refractivity contribution in [1.29, 1.82) is 0 Å². The van der Waals surface area contributed by atoms with E-state index in [4.69, 9.17) is 0 Å². The second kappa shape index (κ2) is 12.4. The van der Waals surface area contributed by atoms with Crippen molar-refractivity contribution in [2.75, 3.05) is 0 Å². The van der Waals surface area contributed by atoms with Gasteiger partial charge < -0.3 is 0 Å². The smallest absolute Gasteiger partial charge is 0.00264 e. The third kappa shape index (κ3) is 5.29. The zero-order valence-corrected chi connectivity index (χ0v) is 23.2. The molecule has 0 nitrogen and oxygen atoms in total. The summed E-state index contributed by atoms with van der Waals surface area (Å²) >= 11 is 0. The van der Waals surface area contributed by atoms with Crippen LogP contribution < -0.4 is 0 Å². The summed E-state index contributed by atoms with van der Waals surface area (Å²) in [4.78, 5) is 0. The third-order valence-corrected chi connectivity index (χ3v) is 6.30. The Morgan fingerprint density at radius 2 is 0.556 bits per heavy atom. The van der Waals surface area contributed by atoms with Crippen molar-refractivity contribution in [2.45, 2.75) is 55.4 Å². The first-order valence-electron chi connectivity index (χ1n) is 13.5. The second-order valence-electron chi connectivity index (χ2n) is 8.46. The van der Waals surface area contributed by atoms with Gasteiger partial charge in [-0.2, -0.15) is 0 Å². The first-order chi connectivity index (χ1) is 17.7. The van der Waals surface area contributed by atoms with E-state index in [1.807, 2.05) is 41.5 Å². The molecular weight excluding hydrogens is 432 g/mol. The molecule has 0 unspecified atom stereocenters. The SMILES string of the molecule is CC.CC.CC.Cc1ccc(-c2cc3ccc4cc(-c5ccc(C)cc5)cc5ccc(c2)c3c45)cc1. The number of aryl methyl sites for hydroxylation is 2. The molecule has 0 bridgehead atoms. The van der Waals surface area contributed by atoms with Crippen molar-refractivity contribution in [3.63, 3.8) is 0 Å². The van der Waals surface area contributed by atoms with E-state index in [-0.39, 0.29) is 0 Å². The molecule has 6 aromatic rings. The summed E-state index contributed by atoms with van der Waals surface area (Å²) in [5.74, 6) is 0. The van der Waals surface area contributed by atoms with Crippen LogP contribution in [0.15, 0.2) is 97.1 Å². The standard InChI is InChI=1S/C30H22.3C2H6/c1-19-3-7-21(8-4-19)27-15-23-11-13-25-17-28(22-9-5-20(2)6-10-22)18-26-14-12-24(16-27)29(23)30(25)26;3*1-2/h3-18H,1-2H3;3*1-2H3. The van der Waals surface area contributed by atoms with E-state index in [1.165, 1.54) is 65.7 Å². The number of benzene rings is 6. The van der Waals surface area contributed by atoms with Gasteiger partial charge in [0.15, 0.2) is 0 Å². The van der Waals surface area contributed by atoms with Crippen molar-refractivity contribution in [3.8, 4) is 22.3 Å². The average Bonchev–Trinajstić information content (AvgIpc) is 2.95. The van der Waals surface area contributed by atoms with Crippen LogP contribution in [-0.4, -0.2) is 0 Å². The Hall–Kier alpha value is -3.64. The van der Waals surface area contributed by atoms with Gasteiger partial charge >= 0.3 is 0 Å². The summed E-state index contributed by atoms with van der Waals surface area (Å²) in [7, 11) is 0. The molecule has 0 fully saturated rings. The molecule has 0 aliphatic rings. The lowest BCUT2D eigenvalue weighted by atomic mass is 9.89. The second-order valence-corrected chi connectivity index (χ2v) is 8.46. The summed E-state index contributed by atoms with van der Waals surface area (Å²) in [5.41, 5.74) is 7.68. The number of hydrogen-bond acceptors (Lipinski definition) is 0. The highest BCUT2D eigenvalue weighted by Gasteiger charge is 2.12. The fourth-order valence-electron chi connectivity index (χ4n) is 4.66. The minimum Gasteiger partial charge on any atom is -0.0683 e. The topological polar surface area (TPSA) is 0 Å². The Labute approximate surface area is 218 Å². The van der Waals surface area contributed by atoms with Crippen LogP contribution in [0.3, 0.4) is 0 Å². The normalized spacial score (nSPS) is 10.2. The Morgan fingerprint density at radius 1 is 0.306 bits per heavy atom. The fourth-order valence-corrected chi connectivity index (χ4v) is 4.66. The average molecular weight is 473 g/mol. The predicted molar refractivity (Wildman–Crippen MR) is 165 cm³/mol. The molecule has 0 saturated carbocycles. The van der Waals surface area contributed by atoms with Crippen LogP contribution in [0.1, 0.15) is 52.7 Å². The first kappa shape index (κ1) is 27.0. The van der Waals surface area contributed by atoms with Crippen LogP contribution in [-0.2, 0) is 0 Å². The molecule has 6 aromatic carbocycles. The molecule has 0 heterocycles. The molecule has 0 aliphatic heterocycles. The van der Waals surface area contributed by atoms with E-state index in [0.29, 0.717) is 0 Å². The summed E-state index contributed by atoms with van der Waals surface area (Å²) in [6.07, 6.45) is 0. The van der Waals surface area contributed by atoms with Gasteiger partial charge in [-0.05, 0) is 92.7 Å². The molecule has 0 atom stereocenters. The number of rotatable bonds is 2. The van der Waals surface area contributed by atoms with E-state index in [1.54, 1.807) is 0 Å². The molecular formula is C36H40. The van der Waals surface area contributed by atoms with Crippen molar-refractivity contribution >= 4 is 32.3 Å². The van der Waals surface area contributed by atoms with Crippen LogP contribution in [0.25, 0.3) is 54.6 Å². The van der Waals surface area contributed by atoms with E-state index in [2.05, 4.69) is 111 Å². The highest BCUT2D eigenvalue weighted by atomic mass is 14.2. The fraction of sp³-hybridized carbons (Fsp3) is 0.222. The molecule has 0 aromatic heterocycles. The highest BCUT2D eigenvalue weighted by molar-refractivity contribution is 6.24. The lowest BCUT2D eigenvalue weighted by molar-refractivity contribution is 1.47. The maximum atomic E-state index is 2.33. The third-order valence-electron chi connectivity index (χ3n) is 6.30. The van der Waals surface area contributed by atoms with Crippen LogP contribution in [0.5, 0.6) is 0 Å². The van der Waals surface area contributed by atoms with Crippen molar-refractivity contribution < 1.29 is 0 Å². The minimum atomic E-state index is 1.27. The molecule has 0 amide bonds. The van der Waals surface area contributed by atoms with Gasteiger partial charge in [-0.25, -0.2) is 0 Å². The van der Waals surface area contributed by atoms with Crippen molar-refractivity contribution in [3.05, 3.63) is 108 Å². The van der Waals surface area contributed by atoms with Crippen molar-refractivity contribution in [1.82, 2.24) is 0 Å². The van der Waals surface area contributed by atoms with E-state index >= 15 is 0 Å². The maximum absolute atomic E-state index is 2.33. The molecule has 0 aliphatic carbocycles. The van der Waals surface area contributed by atoms with Gasteiger partial charge in [0.2, 0.25) is 0 Å². The quantitative estimate of drug-likeness (QED) is 0.220. The van der Waals surface area contributed by atoms with Crippen LogP contribution in [0.2, 0.25) is 0 Å². The Kier molecular flexibility index (Phi) is 9.25. The van der Waals surface area contributed by atoms with E-state index < -0.39 is 0 Å². The van der Waals surface area contributed by atoms with Crippen molar-refractivity contribution in [2.24, 2.45) is 0 Å². The van der Waals surface area contributed by atoms with E-state index in [9.17, 15) is 0 Å². The zero-order chi connectivity index (χ0) is 26.2.